The molecule has 0 saturated heterocycles. The SMILES string of the molecule is COc1ccc(NC(=O)N(CC(C)O)C(C)C)c(Cl)c1. The molecule has 1 rings (SSSR count). The highest BCUT2D eigenvalue weighted by Crippen LogP contribution is 2.27. The first kappa shape index (κ1) is 16.6. The second kappa shape index (κ2) is 7.36. The number of carbonyl (C=O) groups excluding carboxylic acids is 1. The van der Waals surface area contributed by atoms with Crippen LogP contribution in [-0.2, 0) is 0 Å². The van der Waals surface area contributed by atoms with E-state index in [4.69, 9.17) is 16.3 Å². The van der Waals surface area contributed by atoms with Gasteiger partial charge in [0.2, 0.25) is 0 Å². The highest BCUT2D eigenvalue weighted by atomic mass is 35.5. The molecule has 0 aromatic heterocycles. The van der Waals surface area contributed by atoms with E-state index in [1.54, 1.807) is 37.1 Å². The summed E-state index contributed by atoms with van der Waals surface area (Å²) in [5.74, 6) is 0.623. The first-order valence-corrected chi connectivity index (χ1v) is 6.82. The van der Waals surface area contributed by atoms with Crippen molar-refractivity contribution in [3.63, 3.8) is 0 Å². The molecule has 2 N–H and O–H groups in total. The number of hydrogen-bond acceptors (Lipinski definition) is 3. The summed E-state index contributed by atoms with van der Waals surface area (Å²) in [5.41, 5.74) is 0.508. The van der Waals surface area contributed by atoms with E-state index >= 15 is 0 Å². The molecule has 112 valence electrons. The maximum atomic E-state index is 12.2. The third-order valence-electron chi connectivity index (χ3n) is 2.76. The van der Waals surface area contributed by atoms with Gasteiger partial charge in [0, 0.05) is 18.7 Å². The molecule has 0 aliphatic rings. The van der Waals surface area contributed by atoms with Crippen LogP contribution in [0.3, 0.4) is 0 Å². The summed E-state index contributed by atoms with van der Waals surface area (Å²) >= 11 is 6.08. The lowest BCUT2D eigenvalue weighted by atomic mass is 10.2. The highest BCUT2D eigenvalue weighted by Gasteiger charge is 2.19. The molecule has 5 nitrogen and oxygen atoms in total. The maximum absolute atomic E-state index is 12.2. The van der Waals surface area contributed by atoms with Gasteiger partial charge in [-0.3, -0.25) is 0 Å². The lowest BCUT2D eigenvalue weighted by molar-refractivity contribution is 0.125. The van der Waals surface area contributed by atoms with Gasteiger partial charge in [-0.15, -0.1) is 0 Å². The number of rotatable bonds is 5. The number of hydrogen-bond donors (Lipinski definition) is 2. The minimum Gasteiger partial charge on any atom is -0.497 e. The van der Waals surface area contributed by atoms with Crippen molar-refractivity contribution >= 4 is 23.3 Å². The Labute approximate surface area is 124 Å². The number of amides is 2. The fraction of sp³-hybridized carbons (Fsp3) is 0.500. The van der Waals surface area contributed by atoms with E-state index in [-0.39, 0.29) is 18.6 Å². The van der Waals surface area contributed by atoms with Gasteiger partial charge in [0.25, 0.3) is 0 Å². The molecule has 0 aliphatic carbocycles. The van der Waals surface area contributed by atoms with Crippen LogP contribution in [0.25, 0.3) is 0 Å². The summed E-state index contributed by atoms with van der Waals surface area (Å²) in [7, 11) is 1.55. The number of nitrogens with one attached hydrogen (secondary N) is 1. The molecule has 1 aromatic rings. The topological polar surface area (TPSA) is 61.8 Å². The number of aliphatic hydroxyl groups is 1. The van der Waals surface area contributed by atoms with Gasteiger partial charge in [-0.2, -0.15) is 0 Å². The van der Waals surface area contributed by atoms with Crippen LogP contribution in [0.1, 0.15) is 20.8 Å². The lowest BCUT2D eigenvalue weighted by Crippen LogP contribution is -2.43. The molecule has 6 heteroatoms. The number of halogens is 1. The molecule has 0 spiro atoms. The second-order valence-electron chi connectivity index (χ2n) is 4.87. The third kappa shape index (κ3) is 4.58. The van der Waals surface area contributed by atoms with Gasteiger partial charge < -0.3 is 20.1 Å². The zero-order chi connectivity index (χ0) is 15.3. The molecule has 1 aromatic carbocycles. The van der Waals surface area contributed by atoms with Gasteiger partial charge in [-0.1, -0.05) is 11.6 Å². The first-order chi connectivity index (χ1) is 9.35. The largest absolute Gasteiger partial charge is 0.497 e. The summed E-state index contributed by atoms with van der Waals surface area (Å²) < 4.78 is 5.05. The van der Waals surface area contributed by atoms with E-state index in [9.17, 15) is 9.90 Å². The van der Waals surface area contributed by atoms with E-state index in [2.05, 4.69) is 5.32 Å². The third-order valence-corrected chi connectivity index (χ3v) is 3.08. The molecule has 0 saturated carbocycles. The first-order valence-electron chi connectivity index (χ1n) is 6.44. The van der Waals surface area contributed by atoms with Crippen LogP contribution < -0.4 is 10.1 Å². The van der Waals surface area contributed by atoms with Crippen molar-refractivity contribution in [1.82, 2.24) is 4.90 Å². The number of nitrogens with zero attached hydrogens (tertiary/aromatic N) is 1. The minimum atomic E-state index is -0.588. The molecule has 0 heterocycles. The van der Waals surface area contributed by atoms with Gasteiger partial charge in [0.1, 0.15) is 5.75 Å². The highest BCUT2D eigenvalue weighted by molar-refractivity contribution is 6.33. The Kier molecular flexibility index (Phi) is 6.10. The summed E-state index contributed by atoms with van der Waals surface area (Å²) in [6, 6.07) is 4.70. The molecule has 0 fully saturated rings. The fourth-order valence-corrected chi connectivity index (χ4v) is 1.94. The molecule has 1 atom stereocenters. The van der Waals surface area contributed by atoms with Crippen LogP contribution in [0.5, 0.6) is 5.75 Å². The molecular weight excluding hydrogens is 280 g/mol. The fourth-order valence-electron chi connectivity index (χ4n) is 1.72. The van der Waals surface area contributed by atoms with E-state index in [1.807, 2.05) is 13.8 Å². The van der Waals surface area contributed by atoms with Crippen molar-refractivity contribution in [3.05, 3.63) is 23.2 Å². The standard InChI is InChI=1S/C14H21ClN2O3/c1-9(2)17(8-10(3)18)14(19)16-13-6-5-11(20-4)7-12(13)15/h5-7,9-10,18H,8H2,1-4H3,(H,16,19). The monoisotopic (exact) mass is 300 g/mol. The van der Waals surface area contributed by atoms with Crippen LogP contribution in [-0.4, -0.2) is 41.8 Å². The summed E-state index contributed by atoms with van der Waals surface area (Å²) in [6.45, 7) is 5.68. The Bertz CT molecular complexity index is 464. The Morgan fingerprint density at radius 2 is 2.10 bits per heavy atom. The van der Waals surface area contributed by atoms with Gasteiger partial charge in [-0.05, 0) is 32.9 Å². The molecular formula is C14H21ClN2O3. The molecule has 0 radical (unpaired) electrons. The Balaban J connectivity index is 2.82. The van der Waals surface area contributed by atoms with Crippen molar-refractivity contribution < 1.29 is 14.6 Å². The van der Waals surface area contributed by atoms with Crippen molar-refractivity contribution in [3.8, 4) is 5.75 Å². The van der Waals surface area contributed by atoms with Crippen molar-refractivity contribution in [2.75, 3.05) is 19.0 Å². The zero-order valence-electron chi connectivity index (χ0n) is 12.2. The number of methoxy groups -OCH3 is 1. The number of anilines is 1. The van der Waals surface area contributed by atoms with E-state index in [1.165, 1.54) is 0 Å². The lowest BCUT2D eigenvalue weighted by Gasteiger charge is -2.28. The minimum absolute atomic E-state index is 0.0263. The van der Waals surface area contributed by atoms with Crippen LogP contribution in [0.4, 0.5) is 10.5 Å². The van der Waals surface area contributed by atoms with Crippen LogP contribution >= 0.6 is 11.6 Å². The number of carbonyl (C=O) groups is 1. The van der Waals surface area contributed by atoms with E-state index < -0.39 is 6.10 Å². The number of aliphatic hydroxyl groups excluding tert-OH is 1. The number of benzene rings is 1. The molecule has 0 bridgehead atoms. The zero-order valence-corrected chi connectivity index (χ0v) is 12.9. The van der Waals surface area contributed by atoms with Gasteiger partial charge in [-0.25, -0.2) is 4.79 Å². The predicted octanol–water partition coefficient (Wildman–Crippen LogP) is 2.97. The molecule has 0 aliphatic heterocycles. The maximum Gasteiger partial charge on any atom is 0.322 e. The van der Waals surface area contributed by atoms with Crippen LogP contribution in [0.2, 0.25) is 5.02 Å². The summed E-state index contributed by atoms with van der Waals surface area (Å²) in [5, 5.41) is 12.6. The number of urea groups is 1. The summed E-state index contributed by atoms with van der Waals surface area (Å²) in [4.78, 5) is 13.8. The smallest absolute Gasteiger partial charge is 0.322 e. The predicted molar refractivity (Wildman–Crippen MR) is 80.5 cm³/mol. The van der Waals surface area contributed by atoms with E-state index in [0.717, 1.165) is 0 Å². The Hall–Kier alpha value is -1.46. The van der Waals surface area contributed by atoms with Crippen molar-refractivity contribution in [2.24, 2.45) is 0 Å². The second-order valence-corrected chi connectivity index (χ2v) is 5.28. The molecule has 1 unspecified atom stereocenters. The average molecular weight is 301 g/mol. The van der Waals surface area contributed by atoms with Crippen molar-refractivity contribution in [1.29, 1.82) is 0 Å². The normalized spacial score (nSPS) is 12.2. The van der Waals surface area contributed by atoms with Gasteiger partial charge in [0.05, 0.1) is 23.9 Å². The number of ether oxygens (including phenoxy) is 1. The quantitative estimate of drug-likeness (QED) is 0.879. The van der Waals surface area contributed by atoms with Crippen molar-refractivity contribution in [2.45, 2.75) is 32.9 Å². The van der Waals surface area contributed by atoms with Gasteiger partial charge >= 0.3 is 6.03 Å². The van der Waals surface area contributed by atoms with Crippen LogP contribution in [0.15, 0.2) is 18.2 Å². The summed E-state index contributed by atoms with van der Waals surface area (Å²) in [6.07, 6.45) is -0.588. The average Bonchev–Trinajstić information content (AvgIpc) is 2.37. The Morgan fingerprint density at radius 3 is 2.55 bits per heavy atom. The molecule has 20 heavy (non-hydrogen) atoms. The Morgan fingerprint density at radius 1 is 1.45 bits per heavy atom. The van der Waals surface area contributed by atoms with Crippen LogP contribution in [0, 0.1) is 0 Å². The van der Waals surface area contributed by atoms with E-state index in [0.29, 0.717) is 16.5 Å². The van der Waals surface area contributed by atoms with Gasteiger partial charge in [0.15, 0.2) is 0 Å². The molecule has 2 amide bonds.